The number of nitrogens with zero attached hydrogens (tertiary/aromatic N) is 3. The van der Waals surface area contributed by atoms with Crippen molar-refractivity contribution in [2.24, 2.45) is 0 Å². The van der Waals surface area contributed by atoms with E-state index in [4.69, 9.17) is 26.1 Å². The number of carbonyl (C=O) groups excluding carboxylic acids is 2. The third kappa shape index (κ3) is 4.84. The minimum Gasteiger partial charge on any atom is -0.493 e. The molecule has 0 saturated heterocycles. The zero-order valence-corrected chi connectivity index (χ0v) is 19.7. The topological polar surface area (TPSA) is 81.6 Å². The van der Waals surface area contributed by atoms with E-state index < -0.39 is 5.97 Å². The molecule has 4 rings (SSSR count). The second-order valence-electron chi connectivity index (χ2n) is 7.59. The molecule has 2 aromatic heterocycles. The van der Waals surface area contributed by atoms with Crippen LogP contribution in [0.1, 0.15) is 23.0 Å². The van der Waals surface area contributed by atoms with Crippen molar-refractivity contribution >= 4 is 45.8 Å². The standard InChI is InChI=1S/C26H22ClN3O4/c1-16(31)34-26-23(33-3)12-13-28-25(26)22(32)15-17-8-10-20-18(14-17)9-11-24(29-20)30(2)21-7-5-4-6-19(21)27/h4-14H,15H2,1-3H3. The van der Waals surface area contributed by atoms with E-state index in [-0.39, 0.29) is 29.4 Å². The number of ketones is 1. The number of rotatable bonds is 7. The maximum atomic E-state index is 13.0. The first-order valence-electron chi connectivity index (χ1n) is 10.5. The first-order chi connectivity index (χ1) is 16.4. The molecule has 0 atom stereocenters. The predicted molar refractivity (Wildman–Crippen MR) is 131 cm³/mol. The SMILES string of the molecule is COc1ccnc(C(=O)Cc2ccc3nc(N(C)c4ccccc4Cl)ccc3c2)c1OC(C)=O. The van der Waals surface area contributed by atoms with Crippen LogP contribution in [0.15, 0.2) is 66.9 Å². The van der Waals surface area contributed by atoms with E-state index in [2.05, 4.69) is 4.98 Å². The van der Waals surface area contributed by atoms with Gasteiger partial charge in [-0.1, -0.05) is 29.8 Å². The molecule has 4 aromatic rings. The molecule has 0 bridgehead atoms. The van der Waals surface area contributed by atoms with Gasteiger partial charge in [0.05, 0.1) is 23.3 Å². The van der Waals surface area contributed by atoms with Crippen LogP contribution in [0.5, 0.6) is 11.5 Å². The molecule has 0 aliphatic carbocycles. The highest BCUT2D eigenvalue weighted by Crippen LogP contribution is 2.32. The molecule has 2 aromatic carbocycles. The highest BCUT2D eigenvalue weighted by atomic mass is 35.5. The van der Waals surface area contributed by atoms with E-state index in [1.807, 2.05) is 66.5 Å². The number of carbonyl (C=O) groups is 2. The highest BCUT2D eigenvalue weighted by molar-refractivity contribution is 6.33. The number of Topliss-reactive ketones (excluding diaryl/α,β-unsaturated/α-hetero) is 1. The molecule has 0 fully saturated rings. The number of halogens is 1. The van der Waals surface area contributed by atoms with Gasteiger partial charge in [-0.15, -0.1) is 0 Å². The van der Waals surface area contributed by atoms with Crippen LogP contribution in [0, 0.1) is 0 Å². The van der Waals surface area contributed by atoms with Crippen molar-refractivity contribution in [3.05, 3.63) is 83.1 Å². The lowest BCUT2D eigenvalue weighted by atomic mass is 10.0. The van der Waals surface area contributed by atoms with Crippen LogP contribution in [0.25, 0.3) is 10.9 Å². The van der Waals surface area contributed by atoms with Crippen molar-refractivity contribution in [3.63, 3.8) is 0 Å². The average molecular weight is 476 g/mol. The highest BCUT2D eigenvalue weighted by Gasteiger charge is 2.21. The molecule has 7 nitrogen and oxygen atoms in total. The normalized spacial score (nSPS) is 10.7. The second-order valence-corrected chi connectivity index (χ2v) is 8.00. The van der Waals surface area contributed by atoms with E-state index in [0.717, 1.165) is 28.0 Å². The fraction of sp³-hybridized carbons (Fsp3) is 0.154. The third-order valence-corrected chi connectivity index (χ3v) is 5.58. The lowest BCUT2D eigenvalue weighted by Crippen LogP contribution is -2.13. The molecule has 34 heavy (non-hydrogen) atoms. The van der Waals surface area contributed by atoms with Crippen LogP contribution in [0.3, 0.4) is 0 Å². The Morgan fingerprint density at radius 2 is 1.85 bits per heavy atom. The Bertz CT molecular complexity index is 1390. The Kier molecular flexibility index (Phi) is 6.75. The van der Waals surface area contributed by atoms with Crippen LogP contribution in [0.2, 0.25) is 5.02 Å². The minimum atomic E-state index is -0.560. The maximum Gasteiger partial charge on any atom is 0.308 e. The number of fused-ring (bicyclic) bond motifs is 1. The van der Waals surface area contributed by atoms with Crippen molar-refractivity contribution in [1.82, 2.24) is 9.97 Å². The lowest BCUT2D eigenvalue weighted by molar-refractivity contribution is -0.132. The fourth-order valence-corrected chi connectivity index (χ4v) is 3.87. The molecule has 0 aliphatic rings. The number of anilines is 2. The van der Waals surface area contributed by atoms with Gasteiger partial charge < -0.3 is 14.4 Å². The van der Waals surface area contributed by atoms with Gasteiger partial charge in [0.25, 0.3) is 0 Å². The summed E-state index contributed by atoms with van der Waals surface area (Å²) < 4.78 is 10.4. The average Bonchev–Trinajstić information content (AvgIpc) is 2.83. The number of pyridine rings is 2. The summed E-state index contributed by atoms with van der Waals surface area (Å²) in [6, 6.07) is 18.6. The summed E-state index contributed by atoms with van der Waals surface area (Å²) in [5.41, 5.74) is 2.47. The first kappa shape index (κ1) is 23.2. The quantitative estimate of drug-likeness (QED) is 0.261. The Hall–Kier alpha value is -3.97. The molecular weight excluding hydrogens is 454 g/mol. The molecule has 0 radical (unpaired) electrons. The fourth-order valence-electron chi connectivity index (χ4n) is 3.61. The summed E-state index contributed by atoms with van der Waals surface area (Å²) in [6.45, 7) is 1.26. The molecule has 0 amide bonds. The number of aromatic nitrogens is 2. The molecular formula is C26H22ClN3O4. The summed E-state index contributed by atoms with van der Waals surface area (Å²) in [5, 5.41) is 1.53. The second kappa shape index (κ2) is 9.89. The van der Waals surface area contributed by atoms with Crippen molar-refractivity contribution in [3.8, 4) is 11.5 Å². The number of hydrogen-bond donors (Lipinski definition) is 0. The van der Waals surface area contributed by atoms with E-state index in [9.17, 15) is 9.59 Å². The monoisotopic (exact) mass is 475 g/mol. The molecule has 0 aliphatic heterocycles. The van der Waals surface area contributed by atoms with E-state index in [0.29, 0.717) is 5.02 Å². The summed E-state index contributed by atoms with van der Waals surface area (Å²) in [4.78, 5) is 35.3. The number of methoxy groups -OCH3 is 1. The van der Waals surface area contributed by atoms with Crippen LogP contribution in [0.4, 0.5) is 11.5 Å². The van der Waals surface area contributed by atoms with Gasteiger partial charge in [0, 0.05) is 38.0 Å². The van der Waals surface area contributed by atoms with Crippen LogP contribution >= 0.6 is 11.6 Å². The van der Waals surface area contributed by atoms with Gasteiger partial charge in [0.1, 0.15) is 5.82 Å². The van der Waals surface area contributed by atoms with Crippen LogP contribution < -0.4 is 14.4 Å². The summed E-state index contributed by atoms with van der Waals surface area (Å²) in [5.74, 6) is 0.187. The van der Waals surface area contributed by atoms with Gasteiger partial charge in [0.15, 0.2) is 17.2 Å². The number of benzene rings is 2. The summed E-state index contributed by atoms with van der Waals surface area (Å²) in [6.07, 6.45) is 1.52. The van der Waals surface area contributed by atoms with Crippen molar-refractivity contribution < 1.29 is 19.1 Å². The van der Waals surface area contributed by atoms with E-state index in [1.165, 1.54) is 26.3 Å². The molecule has 0 saturated carbocycles. The van der Waals surface area contributed by atoms with Gasteiger partial charge in [0.2, 0.25) is 5.75 Å². The molecule has 2 heterocycles. The van der Waals surface area contributed by atoms with E-state index in [1.54, 1.807) is 0 Å². The Balaban J connectivity index is 1.60. The summed E-state index contributed by atoms with van der Waals surface area (Å²) in [7, 11) is 3.34. The Labute approximate surface area is 201 Å². The minimum absolute atomic E-state index is 0.0252. The van der Waals surface area contributed by atoms with Gasteiger partial charge in [-0.3, -0.25) is 9.59 Å². The predicted octanol–water partition coefficient (Wildman–Crippen LogP) is 5.41. The van der Waals surface area contributed by atoms with Gasteiger partial charge >= 0.3 is 5.97 Å². The number of hydrogen-bond acceptors (Lipinski definition) is 7. The smallest absolute Gasteiger partial charge is 0.308 e. The molecule has 8 heteroatoms. The zero-order valence-electron chi connectivity index (χ0n) is 18.9. The number of esters is 1. The van der Waals surface area contributed by atoms with E-state index >= 15 is 0 Å². The zero-order chi connectivity index (χ0) is 24.2. The van der Waals surface area contributed by atoms with Crippen molar-refractivity contribution in [2.45, 2.75) is 13.3 Å². The first-order valence-corrected chi connectivity index (χ1v) is 10.9. The van der Waals surface area contributed by atoms with Crippen LogP contribution in [-0.4, -0.2) is 35.9 Å². The van der Waals surface area contributed by atoms with Crippen molar-refractivity contribution in [2.75, 3.05) is 19.1 Å². The molecule has 0 spiro atoms. The number of para-hydroxylation sites is 1. The Morgan fingerprint density at radius 3 is 2.59 bits per heavy atom. The summed E-state index contributed by atoms with van der Waals surface area (Å²) >= 11 is 6.32. The van der Waals surface area contributed by atoms with Gasteiger partial charge in [-0.2, -0.15) is 0 Å². The number of ether oxygens (including phenoxy) is 2. The lowest BCUT2D eigenvalue weighted by Gasteiger charge is -2.20. The molecule has 172 valence electrons. The maximum absolute atomic E-state index is 13.0. The molecule has 0 unspecified atom stereocenters. The third-order valence-electron chi connectivity index (χ3n) is 5.26. The van der Waals surface area contributed by atoms with Gasteiger partial charge in [-0.05, 0) is 42.0 Å². The molecule has 0 N–H and O–H groups in total. The van der Waals surface area contributed by atoms with Crippen LogP contribution in [-0.2, 0) is 11.2 Å². The van der Waals surface area contributed by atoms with Gasteiger partial charge in [-0.25, -0.2) is 9.97 Å². The Morgan fingerprint density at radius 1 is 1.06 bits per heavy atom. The largest absolute Gasteiger partial charge is 0.493 e. The van der Waals surface area contributed by atoms with Crippen molar-refractivity contribution in [1.29, 1.82) is 0 Å².